The van der Waals surface area contributed by atoms with Crippen LogP contribution >= 0.6 is 11.8 Å². The molecule has 0 aliphatic rings. The molecule has 0 unspecified atom stereocenters. The number of thioether (sulfide) groups is 1. The lowest BCUT2D eigenvalue weighted by atomic mass is 10.2. The van der Waals surface area contributed by atoms with Crippen molar-refractivity contribution in [2.24, 2.45) is 0 Å². The number of methoxy groups -OCH3 is 2. The van der Waals surface area contributed by atoms with Crippen molar-refractivity contribution in [3.05, 3.63) is 48.5 Å². The normalized spacial score (nSPS) is 11.7. The lowest BCUT2D eigenvalue weighted by Gasteiger charge is -2.20. The number of para-hydroxylation sites is 1. The Labute approximate surface area is 167 Å². The number of amides is 1. The number of rotatable bonds is 7. The number of nitrogens with zero attached hydrogens (tertiary/aromatic N) is 3. The summed E-state index contributed by atoms with van der Waals surface area (Å²) in [5.41, 5.74) is 1.48. The molecular formula is C20H21N3O4S. The molecule has 1 aromatic heterocycles. The van der Waals surface area contributed by atoms with E-state index in [1.54, 1.807) is 44.4 Å². The maximum atomic E-state index is 12.7. The fraction of sp³-hybridized carbons (Fsp3) is 0.250. The second kappa shape index (κ2) is 8.79. The van der Waals surface area contributed by atoms with Gasteiger partial charge in [-0.05, 0) is 31.2 Å². The molecule has 0 saturated carbocycles. The maximum Gasteiger partial charge on any atom is 0.277 e. The molecule has 0 aliphatic heterocycles. The fourth-order valence-electron chi connectivity index (χ4n) is 2.59. The Balaban J connectivity index is 1.73. The first-order valence-corrected chi connectivity index (χ1v) is 9.46. The molecule has 3 rings (SSSR count). The summed E-state index contributed by atoms with van der Waals surface area (Å²) < 4.78 is 16.3. The first kappa shape index (κ1) is 19.8. The molecule has 0 aliphatic carbocycles. The van der Waals surface area contributed by atoms with Crippen LogP contribution in [0.4, 0.5) is 5.69 Å². The third kappa shape index (κ3) is 4.28. The molecule has 1 atom stereocenters. The van der Waals surface area contributed by atoms with E-state index in [1.807, 2.05) is 37.3 Å². The van der Waals surface area contributed by atoms with Crippen LogP contribution in [0.25, 0.3) is 11.5 Å². The summed E-state index contributed by atoms with van der Waals surface area (Å²) in [5, 5.41) is 8.06. The average Bonchev–Trinajstić information content (AvgIpc) is 3.20. The lowest BCUT2D eigenvalue weighted by Crippen LogP contribution is -2.33. The maximum absolute atomic E-state index is 12.7. The minimum Gasteiger partial charge on any atom is -0.497 e. The van der Waals surface area contributed by atoms with Crippen molar-refractivity contribution in [2.75, 3.05) is 26.2 Å². The van der Waals surface area contributed by atoms with Gasteiger partial charge in [0.25, 0.3) is 11.1 Å². The van der Waals surface area contributed by atoms with Crippen LogP contribution in [0.15, 0.2) is 58.2 Å². The SMILES string of the molecule is COc1ccc(-c2nnc(S[C@H](C)C(=O)N(C)c3ccccc3)o2)c(OC)c1. The van der Waals surface area contributed by atoms with Gasteiger partial charge in [0.1, 0.15) is 11.5 Å². The molecule has 0 spiro atoms. The number of anilines is 1. The van der Waals surface area contributed by atoms with Crippen LogP contribution in [0.1, 0.15) is 6.92 Å². The Morgan fingerprint density at radius 3 is 2.54 bits per heavy atom. The van der Waals surface area contributed by atoms with Gasteiger partial charge in [0, 0.05) is 18.8 Å². The van der Waals surface area contributed by atoms with Crippen LogP contribution in [0.3, 0.4) is 0 Å². The molecule has 1 amide bonds. The Morgan fingerprint density at radius 1 is 1.11 bits per heavy atom. The van der Waals surface area contributed by atoms with Gasteiger partial charge in [-0.2, -0.15) is 0 Å². The Hall–Kier alpha value is -3.00. The number of carbonyl (C=O) groups is 1. The number of carbonyl (C=O) groups excluding carboxylic acids is 1. The van der Waals surface area contributed by atoms with Crippen LogP contribution in [0.5, 0.6) is 11.5 Å². The Kier molecular flexibility index (Phi) is 6.20. The summed E-state index contributed by atoms with van der Waals surface area (Å²) in [7, 11) is 4.89. The molecule has 0 saturated heterocycles. The third-order valence-electron chi connectivity index (χ3n) is 4.14. The van der Waals surface area contributed by atoms with Gasteiger partial charge in [-0.1, -0.05) is 30.0 Å². The van der Waals surface area contributed by atoms with Crippen molar-refractivity contribution in [3.63, 3.8) is 0 Å². The van der Waals surface area contributed by atoms with Crippen LogP contribution in [-0.2, 0) is 4.79 Å². The highest BCUT2D eigenvalue weighted by atomic mass is 32.2. The van der Waals surface area contributed by atoms with E-state index in [4.69, 9.17) is 13.9 Å². The number of hydrogen-bond acceptors (Lipinski definition) is 7. The van der Waals surface area contributed by atoms with Crippen LogP contribution in [0.2, 0.25) is 0 Å². The van der Waals surface area contributed by atoms with E-state index in [2.05, 4.69) is 10.2 Å². The number of ether oxygens (including phenoxy) is 2. The minimum absolute atomic E-state index is 0.0574. The van der Waals surface area contributed by atoms with Crippen LogP contribution in [-0.4, -0.2) is 42.6 Å². The first-order valence-electron chi connectivity index (χ1n) is 8.58. The van der Waals surface area contributed by atoms with E-state index >= 15 is 0 Å². The largest absolute Gasteiger partial charge is 0.497 e. The zero-order valence-corrected chi connectivity index (χ0v) is 16.9. The summed E-state index contributed by atoms with van der Waals surface area (Å²) >= 11 is 1.21. The van der Waals surface area contributed by atoms with Gasteiger partial charge in [0.2, 0.25) is 5.91 Å². The zero-order chi connectivity index (χ0) is 20.1. The highest BCUT2D eigenvalue weighted by Crippen LogP contribution is 2.34. The van der Waals surface area contributed by atoms with E-state index in [0.717, 1.165) is 5.69 Å². The third-order valence-corrected chi connectivity index (χ3v) is 5.07. The molecule has 3 aromatic rings. The number of benzene rings is 2. The summed E-state index contributed by atoms with van der Waals surface area (Å²) in [4.78, 5) is 14.3. The summed E-state index contributed by atoms with van der Waals surface area (Å²) in [6, 6.07) is 14.8. The van der Waals surface area contributed by atoms with Gasteiger partial charge in [0.15, 0.2) is 0 Å². The molecule has 7 nitrogen and oxygen atoms in total. The van der Waals surface area contributed by atoms with Crippen molar-refractivity contribution in [2.45, 2.75) is 17.4 Å². The van der Waals surface area contributed by atoms with Crippen molar-refractivity contribution in [3.8, 4) is 23.0 Å². The summed E-state index contributed by atoms with van der Waals surface area (Å²) in [6.45, 7) is 1.81. The smallest absolute Gasteiger partial charge is 0.277 e. The zero-order valence-electron chi connectivity index (χ0n) is 16.1. The molecule has 0 bridgehead atoms. The van der Waals surface area contributed by atoms with E-state index < -0.39 is 5.25 Å². The van der Waals surface area contributed by atoms with Gasteiger partial charge in [-0.3, -0.25) is 4.79 Å². The molecular weight excluding hydrogens is 378 g/mol. The highest BCUT2D eigenvalue weighted by molar-refractivity contribution is 8.00. The minimum atomic E-state index is -0.392. The van der Waals surface area contributed by atoms with E-state index in [-0.39, 0.29) is 5.91 Å². The molecule has 0 radical (unpaired) electrons. The quantitative estimate of drug-likeness (QED) is 0.558. The van der Waals surface area contributed by atoms with Crippen LogP contribution in [0, 0.1) is 0 Å². The van der Waals surface area contributed by atoms with Gasteiger partial charge in [0.05, 0.1) is 25.0 Å². The summed E-state index contributed by atoms with van der Waals surface area (Å²) in [6.07, 6.45) is 0. The van der Waals surface area contributed by atoms with E-state index in [0.29, 0.717) is 28.2 Å². The predicted octanol–water partition coefficient (Wildman–Crippen LogP) is 3.90. The van der Waals surface area contributed by atoms with Crippen molar-refractivity contribution in [1.29, 1.82) is 0 Å². The van der Waals surface area contributed by atoms with E-state index in [9.17, 15) is 4.79 Å². The number of aromatic nitrogens is 2. The lowest BCUT2D eigenvalue weighted by molar-refractivity contribution is -0.117. The fourth-order valence-corrected chi connectivity index (χ4v) is 3.37. The van der Waals surface area contributed by atoms with Crippen LogP contribution < -0.4 is 14.4 Å². The molecule has 28 heavy (non-hydrogen) atoms. The van der Waals surface area contributed by atoms with Crippen molar-refractivity contribution in [1.82, 2.24) is 10.2 Å². The summed E-state index contributed by atoms with van der Waals surface area (Å²) in [5.74, 6) is 1.49. The molecule has 8 heteroatoms. The molecule has 1 heterocycles. The monoisotopic (exact) mass is 399 g/mol. The Morgan fingerprint density at radius 2 is 1.86 bits per heavy atom. The molecule has 0 fully saturated rings. The molecule has 2 aromatic carbocycles. The predicted molar refractivity (Wildman–Crippen MR) is 108 cm³/mol. The van der Waals surface area contributed by atoms with Gasteiger partial charge in [-0.15, -0.1) is 10.2 Å². The van der Waals surface area contributed by atoms with Gasteiger partial charge in [-0.25, -0.2) is 0 Å². The van der Waals surface area contributed by atoms with Crippen molar-refractivity contribution >= 4 is 23.4 Å². The Bertz CT molecular complexity index is 946. The standard InChI is InChI=1S/C20H21N3O4S/c1-13(19(24)23(2)14-8-6-5-7-9-14)28-20-22-21-18(27-20)16-11-10-15(25-3)12-17(16)26-4/h5-13H,1-4H3/t13-/m1/s1. The average molecular weight is 399 g/mol. The second-order valence-electron chi connectivity index (χ2n) is 5.93. The second-order valence-corrected chi connectivity index (χ2v) is 7.22. The highest BCUT2D eigenvalue weighted by Gasteiger charge is 2.23. The van der Waals surface area contributed by atoms with Gasteiger partial charge < -0.3 is 18.8 Å². The number of hydrogen-bond donors (Lipinski definition) is 0. The molecule has 0 N–H and O–H groups in total. The first-order chi connectivity index (χ1) is 13.5. The van der Waals surface area contributed by atoms with Gasteiger partial charge >= 0.3 is 0 Å². The molecule has 146 valence electrons. The van der Waals surface area contributed by atoms with Crippen molar-refractivity contribution < 1.29 is 18.7 Å². The van der Waals surface area contributed by atoms with E-state index in [1.165, 1.54) is 11.8 Å². The topological polar surface area (TPSA) is 77.7 Å².